The molecule has 0 radical (unpaired) electrons. The molecule has 17 heavy (non-hydrogen) atoms. The SMILES string of the molecule is O=C(Cc1cccnc1)Nc1ccccc1Br. The molecule has 4 heteroatoms. The summed E-state index contributed by atoms with van der Waals surface area (Å²) in [5, 5.41) is 2.85. The van der Waals surface area contributed by atoms with Crippen LogP contribution in [0.25, 0.3) is 0 Å². The lowest BCUT2D eigenvalue weighted by molar-refractivity contribution is -0.115. The van der Waals surface area contributed by atoms with Crippen molar-refractivity contribution in [1.82, 2.24) is 4.98 Å². The Morgan fingerprint density at radius 3 is 2.76 bits per heavy atom. The summed E-state index contributed by atoms with van der Waals surface area (Å²) in [6, 6.07) is 11.2. The number of anilines is 1. The number of benzene rings is 1. The molecule has 3 nitrogen and oxygen atoms in total. The molecule has 0 atom stereocenters. The average molecular weight is 291 g/mol. The quantitative estimate of drug-likeness (QED) is 0.944. The lowest BCUT2D eigenvalue weighted by Crippen LogP contribution is -2.14. The number of nitrogens with zero attached hydrogens (tertiary/aromatic N) is 1. The van der Waals surface area contributed by atoms with Crippen LogP contribution in [-0.4, -0.2) is 10.9 Å². The highest BCUT2D eigenvalue weighted by atomic mass is 79.9. The first-order valence-electron chi connectivity index (χ1n) is 5.19. The molecule has 2 aromatic rings. The van der Waals surface area contributed by atoms with Gasteiger partial charge in [0, 0.05) is 16.9 Å². The normalized spacial score (nSPS) is 9.94. The van der Waals surface area contributed by atoms with Crippen LogP contribution in [0.15, 0.2) is 53.3 Å². The summed E-state index contributed by atoms with van der Waals surface area (Å²) in [7, 11) is 0. The lowest BCUT2D eigenvalue weighted by Gasteiger charge is -2.06. The van der Waals surface area contributed by atoms with Crippen LogP contribution in [-0.2, 0) is 11.2 Å². The van der Waals surface area contributed by atoms with Crippen LogP contribution in [0.4, 0.5) is 5.69 Å². The second-order valence-electron chi connectivity index (χ2n) is 3.57. The van der Waals surface area contributed by atoms with Crippen molar-refractivity contribution < 1.29 is 4.79 Å². The number of hydrogen-bond acceptors (Lipinski definition) is 2. The summed E-state index contributed by atoms with van der Waals surface area (Å²) >= 11 is 3.38. The standard InChI is InChI=1S/C13H11BrN2O/c14-11-5-1-2-6-12(11)16-13(17)8-10-4-3-7-15-9-10/h1-7,9H,8H2,(H,16,17). The monoisotopic (exact) mass is 290 g/mol. The Labute approximate surface area is 108 Å². The molecule has 0 spiro atoms. The van der Waals surface area contributed by atoms with Crippen molar-refractivity contribution in [2.24, 2.45) is 0 Å². The molecule has 0 unspecified atom stereocenters. The molecule has 0 aliphatic rings. The zero-order valence-electron chi connectivity index (χ0n) is 9.06. The van der Waals surface area contributed by atoms with Gasteiger partial charge in [0.15, 0.2) is 0 Å². The van der Waals surface area contributed by atoms with Gasteiger partial charge in [0.05, 0.1) is 12.1 Å². The van der Waals surface area contributed by atoms with Crippen molar-refractivity contribution in [3.05, 3.63) is 58.8 Å². The number of halogens is 1. The van der Waals surface area contributed by atoms with Gasteiger partial charge in [-0.2, -0.15) is 0 Å². The first-order chi connectivity index (χ1) is 8.25. The van der Waals surface area contributed by atoms with Gasteiger partial charge < -0.3 is 5.32 Å². The van der Waals surface area contributed by atoms with Gasteiger partial charge in [0.1, 0.15) is 0 Å². The van der Waals surface area contributed by atoms with Crippen molar-refractivity contribution in [3.8, 4) is 0 Å². The maximum atomic E-state index is 11.8. The van der Waals surface area contributed by atoms with E-state index in [0.29, 0.717) is 6.42 Å². The van der Waals surface area contributed by atoms with Crippen molar-refractivity contribution in [2.45, 2.75) is 6.42 Å². The third-order valence-electron chi connectivity index (χ3n) is 2.24. The minimum atomic E-state index is -0.0510. The molecule has 0 bridgehead atoms. The Morgan fingerprint density at radius 2 is 2.06 bits per heavy atom. The fourth-order valence-corrected chi connectivity index (χ4v) is 1.83. The highest BCUT2D eigenvalue weighted by Gasteiger charge is 2.05. The van der Waals surface area contributed by atoms with Crippen LogP contribution in [0.2, 0.25) is 0 Å². The molecule has 86 valence electrons. The van der Waals surface area contributed by atoms with E-state index in [1.54, 1.807) is 12.4 Å². The summed E-state index contributed by atoms with van der Waals surface area (Å²) in [4.78, 5) is 15.7. The molecule has 0 aliphatic heterocycles. The Kier molecular flexibility index (Phi) is 3.88. The van der Waals surface area contributed by atoms with Crippen molar-refractivity contribution in [3.63, 3.8) is 0 Å². The zero-order chi connectivity index (χ0) is 12.1. The van der Waals surface area contributed by atoms with Crippen LogP contribution in [0.1, 0.15) is 5.56 Å². The molecule has 1 N–H and O–H groups in total. The molecular formula is C13H11BrN2O. The first-order valence-corrected chi connectivity index (χ1v) is 5.98. The predicted molar refractivity (Wildman–Crippen MR) is 70.7 cm³/mol. The number of nitrogens with one attached hydrogen (secondary N) is 1. The molecular weight excluding hydrogens is 280 g/mol. The average Bonchev–Trinajstić information content (AvgIpc) is 2.33. The third-order valence-corrected chi connectivity index (χ3v) is 2.93. The van der Waals surface area contributed by atoms with Gasteiger partial charge in [0.25, 0.3) is 0 Å². The molecule has 1 heterocycles. The molecule has 1 aromatic carbocycles. The zero-order valence-corrected chi connectivity index (χ0v) is 10.6. The van der Waals surface area contributed by atoms with Gasteiger partial charge >= 0.3 is 0 Å². The minimum Gasteiger partial charge on any atom is -0.325 e. The Morgan fingerprint density at radius 1 is 1.24 bits per heavy atom. The van der Waals surface area contributed by atoms with Crippen molar-refractivity contribution >= 4 is 27.5 Å². The number of carbonyl (C=O) groups excluding carboxylic acids is 1. The van der Waals surface area contributed by atoms with E-state index < -0.39 is 0 Å². The Bertz CT molecular complexity index is 514. The van der Waals surface area contributed by atoms with E-state index in [-0.39, 0.29) is 5.91 Å². The fourth-order valence-electron chi connectivity index (χ4n) is 1.45. The number of para-hydroxylation sites is 1. The van der Waals surface area contributed by atoms with E-state index in [0.717, 1.165) is 15.7 Å². The summed E-state index contributed by atoms with van der Waals surface area (Å²) in [5.74, 6) is -0.0510. The predicted octanol–water partition coefficient (Wildman–Crippen LogP) is 3.03. The maximum absolute atomic E-state index is 11.8. The molecule has 1 amide bonds. The van der Waals surface area contributed by atoms with Crippen LogP contribution in [0, 0.1) is 0 Å². The summed E-state index contributed by atoms with van der Waals surface area (Å²) in [6.07, 6.45) is 3.71. The van der Waals surface area contributed by atoms with Gasteiger partial charge in [-0.1, -0.05) is 18.2 Å². The van der Waals surface area contributed by atoms with E-state index in [1.165, 1.54) is 0 Å². The molecule has 2 rings (SSSR count). The molecule has 0 aliphatic carbocycles. The third kappa shape index (κ3) is 3.39. The van der Waals surface area contributed by atoms with Crippen LogP contribution >= 0.6 is 15.9 Å². The summed E-state index contributed by atoms with van der Waals surface area (Å²) < 4.78 is 0.875. The summed E-state index contributed by atoms with van der Waals surface area (Å²) in [6.45, 7) is 0. The van der Waals surface area contributed by atoms with Gasteiger partial charge in [-0.05, 0) is 39.7 Å². The van der Waals surface area contributed by atoms with E-state index in [9.17, 15) is 4.79 Å². The Balaban J connectivity index is 2.01. The van der Waals surface area contributed by atoms with E-state index in [4.69, 9.17) is 0 Å². The van der Waals surface area contributed by atoms with Gasteiger partial charge in [-0.15, -0.1) is 0 Å². The number of pyridine rings is 1. The fraction of sp³-hybridized carbons (Fsp3) is 0.0769. The van der Waals surface area contributed by atoms with Gasteiger partial charge in [-0.3, -0.25) is 9.78 Å². The second kappa shape index (κ2) is 5.59. The maximum Gasteiger partial charge on any atom is 0.228 e. The van der Waals surface area contributed by atoms with Crippen LogP contribution in [0.5, 0.6) is 0 Å². The Hall–Kier alpha value is -1.68. The summed E-state index contributed by atoms with van der Waals surface area (Å²) in [5.41, 5.74) is 1.68. The minimum absolute atomic E-state index is 0.0510. The van der Waals surface area contributed by atoms with Crippen molar-refractivity contribution in [2.75, 3.05) is 5.32 Å². The van der Waals surface area contributed by atoms with Crippen molar-refractivity contribution in [1.29, 1.82) is 0 Å². The van der Waals surface area contributed by atoms with Crippen LogP contribution < -0.4 is 5.32 Å². The number of hydrogen-bond donors (Lipinski definition) is 1. The van der Waals surface area contributed by atoms with E-state index in [1.807, 2.05) is 36.4 Å². The second-order valence-corrected chi connectivity index (χ2v) is 4.42. The number of rotatable bonds is 3. The smallest absolute Gasteiger partial charge is 0.228 e. The highest BCUT2D eigenvalue weighted by molar-refractivity contribution is 9.10. The van der Waals surface area contributed by atoms with Gasteiger partial charge in [0.2, 0.25) is 5.91 Å². The number of amides is 1. The van der Waals surface area contributed by atoms with E-state index >= 15 is 0 Å². The highest BCUT2D eigenvalue weighted by Crippen LogP contribution is 2.21. The van der Waals surface area contributed by atoms with Gasteiger partial charge in [-0.25, -0.2) is 0 Å². The topological polar surface area (TPSA) is 42.0 Å². The number of aromatic nitrogens is 1. The molecule has 0 saturated heterocycles. The number of carbonyl (C=O) groups is 1. The largest absolute Gasteiger partial charge is 0.325 e. The lowest BCUT2D eigenvalue weighted by atomic mass is 10.2. The van der Waals surface area contributed by atoms with Crippen LogP contribution in [0.3, 0.4) is 0 Å². The first kappa shape index (κ1) is 11.8. The molecule has 0 fully saturated rings. The van der Waals surface area contributed by atoms with E-state index in [2.05, 4.69) is 26.2 Å². The molecule has 0 saturated carbocycles. The molecule has 1 aromatic heterocycles.